The number of sulfonamides is 1. The number of anilines is 1. The van der Waals surface area contributed by atoms with Crippen LogP contribution in [0.2, 0.25) is 0 Å². The van der Waals surface area contributed by atoms with Gasteiger partial charge < -0.3 is 9.88 Å². The van der Waals surface area contributed by atoms with Crippen molar-refractivity contribution in [2.75, 3.05) is 11.3 Å². The number of carbonyl (C=O) groups is 1. The molecule has 0 radical (unpaired) electrons. The smallest absolute Gasteiger partial charge is 0.261 e. The van der Waals surface area contributed by atoms with Gasteiger partial charge in [0, 0.05) is 25.1 Å². The molecule has 9 heteroatoms. The van der Waals surface area contributed by atoms with E-state index in [1.54, 1.807) is 18.5 Å². The van der Waals surface area contributed by atoms with Crippen molar-refractivity contribution in [2.45, 2.75) is 38.6 Å². The second-order valence-electron chi connectivity index (χ2n) is 6.92. The third kappa shape index (κ3) is 4.85. The molecule has 0 saturated heterocycles. The van der Waals surface area contributed by atoms with Gasteiger partial charge in [-0.05, 0) is 62.2 Å². The lowest BCUT2D eigenvalue weighted by Crippen LogP contribution is -2.26. The van der Waals surface area contributed by atoms with Crippen LogP contribution in [0.5, 0.6) is 0 Å². The molecule has 0 aliphatic rings. The molecule has 0 bridgehead atoms. The molecule has 0 saturated carbocycles. The summed E-state index contributed by atoms with van der Waals surface area (Å²) in [6.45, 7) is 6.96. The molecule has 30 heavy (non-hydrogen) atoms. The number of aryl methyl sites for hydroxylation is 2. The number of aromatic nitrogens is 3. The molecule has 0 aliphatic carbocycles. The van der Waals surface area contributed by atoms with Crippen LogP contribution in [-0.4, -0.2) is 35.6 Å². The Morgan fingerprint density at radius 2 is 1.83 bits per heavy atom. The number of nitrogens with one attached hydrogen (secondary N) is 2. The third-order valence-electron chi connectivity index (χ3n) is 4.95. The van der Waals surface area contributed by atoms with Crippen LogP contribution < -0.4 is 10.0 Å². The highest BCUT2D eigenvalue weighted by molar-refractivity contribution is 7.92. The van der Waals surface area contributed by atoms with Crippen molar-refractivity contribution < 1.29 is 13.2 Å². The Bertz CT molecular complexity index is 1140. The topological polar surface area (TPSA) is 106 Å². The van der Waals surface area contributed by atoms with Gasteiger partial charge in [-0.1, -0.05) is 12.1 Å². The lowest BCUT2D eigenvalue weighted by atomic mass is 10.1. The van der Waals surface area contributed by atoms with E-state index < -0.39 is 10.0 Å². The predicted octanol–water partition coefficient (Wildman–Crippen LogP) is 2.69. The van der Waals surface area contributed by atoms with Gasteiger partial charge in [-0.3, -0.25) is 9.52 Å². The summed E-state index contributed by atoms with van der Waals surface area (Å²) in [7, 11) is -3.75. The highest BCUT2D eigenvalue weighted by Gasteiger charge is 2.16. The fourth-order valence-corrected chi connectivity index (χ4v) is 4.10. The lowest BCUT2D eigenvalue weighted by Gasteiger charge is -2.12. The molecule has 1 aromatic heterocycles. The van der Waals surface area contributed by atoms with Gasteiger partial charge in [0.05, 0.1) is 10.6 Å². The predicted molar refractivity (Wildman–Crippen MR) is 115 cm³/mol. The average molecular weight is 428 g/mol. The van der Waals surface area contributed by atoms with E-state index in [0.717, 1.165) is 23.5 Å². The van der Waals surface area contributed by atoms with Crippen molar-refractivity contribution in [3.8, 4) is 0 Å². The van der Waals surface area contributed by atoms with Crippen molar-refractivity contribution >= 4 is 21.6 Å². The number of nitrogens with zero attached hydrogens (tertiary/aromatic N) is 3. The maximum absolute atomic E-state index is 12.7. The summed E-state index contributed by atoms with van der Waals surface area (Å²) in [5.41, 5.74) is 2.80. The molecule has 1 heterocycles. The van der Waals surface area contributed by atoms with E-state index in [1.807, 2.05) is 31.4 Å². The van der Waals surface area contributed by atoms with E-state index in [-0.39, 0.29) is 10.8 Å². The molecular formula is C21H25N5O3S. The van der Waals surface area contributed by atoms with Crippen molar-refractivity contribution in [2.24, 2.45) is 0 Å². The number of hydrogen-bond acceptors (Lipinski definition) is 5. The van der Waals surface area contributed by atoms with Crippen molar-refractivity contribution in [1.29, 1.82) is 0 Å². The first-order valence-electron chi connectivity index (χ1n) is 9.66. The second-order valence-corrected chi connectivity index (χ2v) is 8.60. The first-order chi connectivity index (χ1) is 14.3. The zero-order valence-electron chi connectivity index (χ0n) is 17.2. The van der Waals surface area contributed by atoms with E-state index in [2.05, 4.69) is 20.2 Å². The zero-order valence-corrected chi connectivity index (χ0v) is 18.0. The fraction of sp³-hybridized carbons (Fsp3) is 0.286. The van der Waals surface area contributed by atoms with E-state index in [4.69, 9.17) is 0 Å². The van der Waals surface area contributed by atoms with Gasteiger partial charge in [-0.2, -0.15) is 0 Å². The van der Waals surface area contributed by atoms with Crippen LogP contribution in [0.15, 0.2) is 53.7 Å². The Morgan fingerprint density at radius 1 is 1.10 bits per heavy atom. The molecule has 0 fully saturated rings. The third-order valence-corrected chi connectivity index (χ3v) is 6.33. The van der Waals surface area contributed by atoms with Crippen molar-refractivity contribution in [1.82, 2.24) is 20.1 Å². The zero-order chi connectivity index (χ0) is 21.7. The minimum atomic E-state index is -3.75. The van der Waals surface area contributed by atoms with Crippen LogP contribution in [0, 0.1) is 13.8 Å². The fourth-order valence-electron chi connectivity index (χ4n) is 2.98. The minimum absolute atomic E-state index is 0.0935. The summed E-state index contributed by atoms with van der Waals surface area (Å²) in [5.74, 6) is 0.528. The molecule has 1 amide bonds. The number of benzene rings is 2. The van der Waals surface area contributed by atoms with Crippen LogP contribution in [0.4, 0.5) is 5.69 Å². The van der Waals surface area contributed by atoms with Gasteiger partial charge in [0.2, 0.25) is 0 Å². The molecule has 0 spiro atoms. The molecule has 3 rings (SSSR count). The Balaban J connectivity index is 1.63. The van der Waals surface area contributed by atoms with Crippen molar-refractivity contribution in [3.05, 3.63) is 71.3 Å². The summed E-state index contributed by atoms with van der Waals surface area (Å²) >= 11 is 0. The van der Waals surface area contributed by atoms with E-state index in [9.17, 15) is 13.2 Å². The largest absolute Gasteiger partial charge is 0.352 e. The molecule has 0 aliphatic heterocycles. The molecule has 0 unspecified atom stereocenters. The van der Waals surface area contributed by atoms with E-state index in [1.165, 1.54) is 24.3 Å². The normalized spacial score (nSPS) is 11.3. The molecule has 2 N–H and O–H groups in total. The van der Waals surface area contributed by atoms with E-state index in [0.29, 0.717) is 24.2 Å². The van der Waals surface area contributed by atoms with Crippen LogP contribution in [0.25, 0.3) is 0 Å². The van der Waals surface area contributed by atoms with Gasteiger partial charge in [0.15, 0.2) is 0 Å². The molecule has 158 valence electrons. The number of hydrogen-bond donors (Lipinski definition) is 2. The quantitative estimate of drug-likeness (QED) is 0.575. The first-order valence-corrected chi connectivity index (χ1v) is 11.1. The van der Waals surface area contributed by atoms with Gasteiger partial charge in [-0.25, -0.2) is 8.42 Å². The van der Waals surface area contributed by atoms with Crippen LogP contribution in [0.3, 0.4) is 0 Å². The number of rotatable bonds is 8. The number of amides is 1. The van der Waals surface area contributed by atoms with Crippen LogP contribution in [0.1, 0.15) is 34.2 Å². The molecule has 2 aromatic carbocycles. The van der Waals surface area contributed by atoms with Crippen LogP contribution in [-0.2, 0) is 23.0 Å². The Kier molecular flexibility index (Phi) is 6.51. The Hall–Kier alpha value is -3.20. The summed E-state index contributed by atoms with van der Waals surface area (Å²) in [4.78, 5) is 12.4. The summed E-state index contributed by atoms with van der Waals surface area (Å²) < 4.78 is 29.9. The summed E-state index contributed by atoms with van der Waals surface area (Å²) in [5, 5.41) is 10.7. The highest BCUT2D eigenvalue weighted by atomic mass is 32.2. The summed E-state index contributed by atoms with van der Waals surface area (Å²) in [6, 6.07) is 11.3. The maximum atomic E-state index is 12.7. The van der Waals surface area contributed by atoms with Crippen molar-refractivity contribution in [3.63, 3.8) is 0 Å². The van der Waals surface area contributed by atoms with Crippen LogP contribution >= 0.6 is 0 Å². The van der Waals surface area contributed by atoms with E-state index >= 15 is 0 Å². The molecule has 0 atom stereocenters. The molecule has 8 nitrogen and oxygen atoms in total. The standard InChI is InChI=1S/C21H25N5O3S/c1-4-26-14-23-24-20(26)12-13-22-21(27)17-8-10-18(11-9-17)30(28,29)25-19-7-5-6-15(2)16(19)3/h5-11,14,25H,4,12-13H2,1-3H3,(H,22,27). The lowest BCUT2D eigenvalue weighted by molar-refractivity contribution is 0.0954. The number of carbonyl (C=O) groups excluding carboxylic acids is 1. The highest BCUT2D eigenvalue weighted by Crippen LogP contribution is 2.22. The van der Waals surface area contributed by atoms with Gasteiger partial charge in [0.25, 0.3) is 15.9 Å². The molecular weight excluding hydrogens is 402 g/mol. The Morgan fingerprint density at radius 3 is 2.53 bits per heavy atom. The maximum Gasteiger partial charge on any atom is 0.261 e. The SMILES string of the molecule is CCn1cnnc1CCNC(=O)c1ccc(S(=O)(=O)Nc2cccc(C)c2C)cc1. The monoisotopic (exact) mass is 427 g/mol. The Labute approximate surface area is 176 Å². The average Bonchev–Trinajstić information content (AvgIpc) is 3.19. The minimum Gasteiger partial charge on any atom is -0.352 e. The van der Waals surface area contributed by atoms with Gasteiger partial charge >= 0.3 is 0 Å². The van der Waals surface area contributed by atoms with Gasteiger partial charge in [-0.15, -0.1) is 10.2 Å². The second kappa shape index (κ2) is 9.08. The summed E-state index contributed by atoms with van der Waals surface area (Å²) in [6.07, 6.45) is 2.22. The first kappa shape index (κ1) is 21.5. The van der Waals surface area contributed by atoms with Gasteiger partial charge in [0.1, 0.15) is 12.2 Å². The molecule has 3 aromatic rings.